The maximum absolute atomic E-state index is 4.33. The molecule has 2 aromatic rings. The largest absolute Gasteiger partial charge is 0.326 e. The fraction of sp³-hybridized carbons (Fsp3) is 0.545. The van der Waals surface area contributed by atoms with Crippen LogP contribution in [0.2, 0.25) is 0 Å². The number of nitrogens with zero attached hydrogens (tertiary/aromatic N) is 5. The Hall–Kier alpha value is -1.69. The van der Waals surface area contributed by atoms with E-state index in [1.54, 1.807) is 6.33 Å². The van der Waals surface area contributed by atoms with Crippen LogP contribution in [0.25, 0.3) is 0 Å². The number of hydrogen-bond donors (Lipinski definition) is 1. The van der Waals surface area contributed by atoms with Crippen molar-refractivity contribution in [1.29, 1.82) is 0 Å². The topological polar surface area (TPSA) is 60.6 Å². The molecule has 2 aromatic heterocycles. The Morgan fingerprint density at radius 1 is 1.24 bits per heavy atom. The summed E-state index contributed by atoms with van der Waals surface area (Å²) in [4.78, 5) is 8.60. The summed E-state index contributed by atoms with van der Waals surface area (Å²) in [5, 5.41) is 7.44. The summed E-state index contributed by atoms with van der Waals surface area (Å²) in [5.41, 5.74) is 0. The van der Waals surface area contributed by atoms with E-state index in [1.807, 2.05) is 17.1 Å². The van der Waals surface area contributed by atoms with Crippen LogP contribution in [-0.4, -0.2) is 30.9 Å². The van der Waals surface area contributed by atoms with Gasteiger partial charge in [0.1, 0.15) is 18.0 Å². The minimum absolute atomic E-state index is 0.717. The summed E-state index contributed by atoms with van der Waals surface area (Å²) in [6, 6.07) is 0. The second-order valence-electron chi connectivity index (χ2n) is 3.74. The zero-order chi connectivity index (χ0) is 12.1. The minimum atomic E-state index is 0.717. The van der Waals surface area contributed by atoms with E-state index in [0.717, 1.165) is 31.3 Å². The summed E-state index contributed by atoms with van der Waals surface area (Å²) in [5.74, 6) is 1.99. The van der Waals surface area contributed by atoms with Crippen molar-refractivity contribution in [2.24, 2.45) is 0 Å². The van der Waals surface area contributed by atoms with Gasteiger partial charge >= 0.3 is 0 Å². The molecule has 0 aromatic carbocycles. The number of rotatable bonds is 6. The summed E-state index contributed by atoms with van der Waals surface area (Å²) in [6.07, 6.45) is 5.39. The van der Waals surface area contributed by atoms with E-state index in [0.29, 0.717) is 6.54 Å². The average molecular weight is 234 g/mol. The lowest BCUT2D eigenvalue weighted by molar-refractivity contribution is 0.571. The van der Waals surface area contributed by atoms with Crippen molar-refractivity contribution in [3.05, 3.63) is 30.4 Å². The predicted octanol–water partition coefficient (Wildman–Crippen LogP) is 0.652. The van der Waals surface area contributed by atoms with Gasteiger partial charge in [0, 0.05) is 18.9 Å². The smallest absolute Gasteiger partial charge is 0.146 e. The Morgan fingerprint density at radius 2 is 2.12 bits per heavy atom. The molecule has 0 bridgehead atoms. The van der Waals surface area contributed by atoms with Crippen molar-refractivity contribution >= 4 is 0 Å². The number of aromatic nitrogens is 5. The number of imidazole rings is 1. The van der Waals surface area contributed by atoms with E-state index in [1.165, 1.54) is 0 Å². The highest BCUT2D eigenvalue weighted by molar-refractivity contribution is 4.97. The molecule has 17 heavy (non-hydrogen) atoms. The molecule has 0 aliphatic rings. The third kappa shape index (κ3) is 2.71. The van der Waals surface area contributed by atoms with Gasteiger partial charge in [0.2, 0.25) is 0 Å². The van der Waals surface area contributed by atoms with Crippen LogP contribution in [0.1, 0.15) is 25.5 Å². The molecule has 0 fully saturated rings. The molecule has 0 aliphatic heterocycles. The number of hydrogen-bond acceptors (Lipinski definition) is 4. The molecule has 6 nitrogen and oxygen atoms in total. The highest BCUT2D eigenvalue weighted by Gasteiger charge is 2.07. The zero-order valence-electron chi connectivity index (χ0n) is 10.3. The summed E-state index contributed by atoms with van der Waals surface area (Å²) in [7, 11) is 0. The molecular formula is C11H18N6. The second kappa shape index (κ2) is 5.58. The first-order chi connectivity index (χ1) is 8.35. The third-order valence-corrected chi connectivity index (χ3v) is 2.64. The summed E-state index contributed by atoms with van der Waals surface area (Å²) in [6.45, 7) is 7.43. The van der Waals surface area contributed by atoms with Gasteiger partial charge in [0.05, 0.1) is 13.1 Å². The second-order valence-corrected chi connectivity index (χ2v) is 3.74. The van der Waals surface area contributed by atoms with Crippen LogP contribution in [-0.2, 0) is 19.6 Å². The molecule has 0 atom stereocenters. The highest BCUT2D eigenvalue weighted by Crippen LogP contribution is 2.03. The maximum atomic E-state index is 4.33. The van der Waals surface area contributed by atoms with E-state index < -0.39 is 0 Å². The third-order valence-electron chi connectivity index (χ3n) is 2.64. The van der Waals surface area contributed by atoms with Crippen molar-refractivity contribution in [1.82, 2.24) is 29.6 Å². The van der Waals surface area contributed by atoms with Crippen LogP contribution in [0.3, 0.4) is 0 Å². The Bertz CT molecular complexity index is 458. The van der Waals surface area contributed by atoms with Crippen LogP contribution < -0.4 is 5.32 Å². The molecule has 2 rings (SSSR count). The lowest BCUT2D eigenvalue weighted by atomic mass is 10.5. The fourth-order valence-corrected chi connectivity index (χ4v) is 1.72. The standard InChI is InChI=1S/C11H18N6/c1-3-12-7-10-13-5-6-16(10)8-11-14-9-15-17(11)4-2/h5-6,9,12H,3-4,7-8H2,1-2H3. The van der Waals surface area contributed by atoms with Gasteiger partial charge in [0.15, 0.2) is 0 Å². The van der Waals surface area contributed by atoms with Crippen molar-refractivity contribution in [3.63, 3.8) is 0 Å². The van der Waals surface area contributed by atoms with E-state index in [9.17, 15) is 0 Å². The number of nitrogens with one attached hydrogen (secondary N) is 1. The molecule has 0 unspecified atom stereocenters. The Kier molecular flexibility index (Phi) is 3.87. The first kappa shape index (κ1) is 11.8. The minimum Gasteiger partial charge on any atom is -0.326 e. The molecule has 0 amide bonds. The predicted molar refractivity (Wildman–Crippen MR) is 64.4 cm³/mol. The molecular weight excluding hydrogens is 216 g/mol. The SMILES string of the molecule is CCNCc1nccn1Cc1ncnn1CC. The summed E-state index contributed by atoms with van der Waals surface area (Å²) >= 11 is 0. The first-order valence-electron chi connectivity index (χ1n) is 5.92. The molecule has 2 heterocycles. The van der Waals surface area contributed by atoms with Gasteiger partial charge in [-0.3, -0.25) is 0 Å². The van der Waals surface area contributed by atoms with Crippen LogP contribution in [0.4, 0.5) is 0 Å². The Morgan fingerprint density at radius 3 is 2.88 bits per heavy atom. The highest BCUT2D eigenvalue weighted by atomic mass is 15.3. The van der Waals surface area contributed by atoms with E-state index >= 15 is 0 Å². The van der Waals surface area contributed by atoms with E-state index in [4.69, 9.17) is 0 Å². The van der Waals surface area contributed by atoms with Crippen LogP contribution in [0.5, 0.6) is 0 Å². The van der Waals surface area contributed by atoms with Crippen molar-refractivity contribution in [2.75, 3.05) is 6.54 Å². The van der Waals surface area contributed by atoms with Gasteiger partial charge in [-0.25, -0.2) is 14.6 Å². The van der Waals surface area contributed by atoms with E-state index in [2.05, 4.69) is 38.8 Å². The molecule has 0 aliphatic carbocycles. The maximum Gasteiger partial charge on any atom is 0.146 e. The van der Waals surface area contributed by atoms with Crippen LogP contribution in [0.15, 0.2) is 18.7 Å². The Labute approximate surface area is 101 Å². The summed E-state index contributed by atoms with van der Waals surface area (Å²) < 4.78 is 4.00. The van der Waals surface area contributed by atoms with Crippen LogP contribution >= 0.6 is 0 Å². The normalized spacial score (nSPS) is 10.9. The first-order valence-corrected chi connectivity index (χ1v) is 5.92. The molecule has 1 N–H and O–H groups in total. The number of aryl methyl sites for hydroxylation is 1. The van der Waals surface area contributed by atoms with Crippen molar-refractivity contribution < 1.29 is 0 Å². The fourth-order valence-electron chi connectivity index (χ4n) is 1.72. The molecule has 0 radical (unpaired) electrons. The zero-order valence-corrected chi connectivity index (χ0v) is 10.3. The van der Waals surface area contributed by atoms with Gasteiger partial charge in [-0.1, -0.05) is 6.92 Å². The molecule has 0 spiro atoms. The monoisotopic (exact) mass is 234 g/mol. The van der Waals surface area contributed by atoms with E-state index in [-0.39, 0.29) is 0 Å². The van der Waals surface area contributed by atoms with Gasteiger partial charge in [-0.05, 0) is 13.5 Å². The molecule has 6 heteroatoms. The van der Waals surface area contributed by atoms with Crippen LogP contribution in [0, 0.1) is 0 Å². The average Bonchev–Trinajstić information content (AvgIpc) is 2.96. The van der Waals surface area contributed by atoms with Gasteiger partial charge in [-0.15, -0.1) is 0 Å². The molecule has 0 saturated heterocycles. The van der Waals surface area contributed by atoms with Gasteiger partial charge in [0.25, 0.3) is 0 Å². The lowest BCUT2D eigenvalue weighted by Crippen LogP contribution is -2.17. The van der Waals surface area contributed by atoms with Gasteiger partial charge in [-0.2, -0.15) is 5.10 Å². The molecule has 92 valence electrons. The Balaban J connectivity index is 2.10. The van der Waals surface area contributed by atoms with Gasteiger partial charge < -0.3 is 9.88 Å². The lowest BCUT2D eigenvalue weighted by Gasteiger charge is -2.08. The molecule has 0 saturated carbocycles. The van der Waals surface area contributed by atoms with Crippen molar-refractivity contribution in [2.45, 2.75) is 33.5 Å². The van der Waals surface area contributed by atoms with Crippen molar-refractivity contribution in [3.8, 4) is 0 Å². The quantitative estimate of drug-likeness (QED) is 0.797.